The summed E-state index contributed by atoms with van der Waals surface area (Å²) in [5, 5.41) is 2.52. The van der Waals surface area contributed by atoms with Crippen molar-refractivity contribution < 1.29 is 4.74 Å². The topological polar surface area (TPSA) is 44.0 Å². The van der Waals surface area contributed by atoms with Gasteiger partial charge < -0.3 is 19.6 Å². The predicted molar refractivity (Wildman–Crippen MR) is 145 cm³/mol. The van der Waals surface area contributed by atoms with Crippen LogP contribution < -0.4 is 9.64 Å². The molecular formula is C31H25N3O. The van der Waals surface area contributed by atoms with E-state index in [0.717, 1.165) is 22.9 Å². The summed E-state index contributed by atoms with van der Waals surface area (Å²) < 4.78 is 6.33. The average Bonchev–Trinajstić information content (AvgIpc) is 3.45. The first-order valence-corrected chi connectivity index (χ1v) is 11.9. The Balaban J connectivity index is 1.29. The van der Waals surface area contributed by atoms with Gasteiger partial charge in [-0.3, -0.25) is 0 Å². The Morgan fingerprint density at radius 2 is 1.00 bits per heavy atom. The minimum Gasteiger partial charge on any atom is -0.453 e. The number of anilines is 2. The molecule has 0 amide bonds. The fraction of sp³-hybridized carbons (Fsp3) is 0.0968. The van der Waals surface area contributed by atoms with Gasteiger partial charge in [-0.05, 0) is 95.8 Å². The summed E-state index contributed by atoms with van der Waals surface area (Å²) in [5.74, 6) is 1.75. The maximum Gasteiger partial charge on any atom is 0.151 e. The first-order valence-electron chi connectivity index (χ1n) is 11.9. The second-order valence-electron chi connectivity index (χ2n) is 9.49. The lowest BCUT2D eigenvalue weighted by Gasteiger charge is -2.30. The van der Waals surface area contributed by atoms with E-state index in [1.807, 2.05) is 0 Å². The van der Waals surface area contributed by atoms with E-state index in [1.54, 1.807) is 0 Å². The molecule has 0 radical (unpaired) electrons. The zero-order valence-electron chi connectivity index (χ0n) is 19.9. The molecule has 4 aromatic carbocycles. The molecule has 4 heteroatoms. The molecule has 2 N–H and O–H groups in total. The molecule has 0 saturated carbocycles. The molecule has 0 bridgehead atoms. The van der Waals surface area contributed by atoms with Gasteiger partial charge in [0.15, 0.2) is 11.5 Å². The number of hydrogen-bond donors (Lipinski definition) is 2. The monoisotopic (exact) mass is 455 g/mol. The van der Waals surface area contributed by atoms with E-state index in [2.05, 4.69) is 121 Å². The van der Waals surface area contributed by atoms with E-state index in [9.17, 15) is 0 Å². The number of nitrogens with zero attached hydrogens (tertiary/aromatic N) is 1. The summed E-state index contributed by atoms with van der Waals surface area (Å²) in [6.07, 6.45) is 4.12. The van der Waals surface area contributed by atoms with Crippen LogP contribution in [0.2, 0.25) is 0 Å². The molecule has 0 saturated heterocycles. The molecule has 7 rings (SSSR count). The lowest BCUT2D eigenvalue weighted by atomic mass is 9.99. The van der Waals surface area contributed by atoms with Gasteiger partial charge in [0.05, 0.1) is 11.4 Å². The van der Waals surface area contributed by atoms with Crippen LogP contribution in [0.1, 0.15) is 11.1 Å². The molecule has 1 aliphatic heterocycles. The maximum absolute atomic E-state index is 6.33. The lowest BCUT2D eigenvalue weighted by molar-refractivity contribution is 0.475. The van der Waals surface area contributed by atoms with E-state index in [0.29, 0.717) is 0 Å². The highest BCUT2D eigenvalue weighted by Gasteiger charge is 2.23. The Labute approximate surface area is 203 Å². The quantitative estimate of drug-likeness (QED) is 0.275. The minimum absolute atomic E-state index is 0.875. The van der Waals surface area contributed by atoms with Crippen molar-refractivity contribution in [2.24, 2.45) is 0 Å². The number of ether oxygens (including phenoxy) is 1. The number of aromatic nitrogens is 2. The summed E-state index contributed by atoms with van der Waals surface area (Å²) in [6, 6.07) is 26.1. The Morgan fingerprint density at radius 3 is 1.49 bits per heavy atom. The van der Waals surface area contributed by atoms with Gasteiger partial charge in [0, 0.05) is 41.2 Å². The van der Waals surface area contributed by atoms with E-state index >= 15 is 0 Å². The highest BCUT2D eigenvalue weighted by molar-refractivity contribution is 5.91. The Hall–Kier alpha value is -4.44. The highest BCUT2D eigenvalue weighted by Crippen LogP contribution is 2.48. The number of fused-ring (bicyclic) bond motifs is 4. The molecule has 170 valence electrons. The second-order valence-corrected chi connectivity index (χ2v) is 9.49. The zero-order chi connectivity index (χ0) is 23.7. The summed E-state index contributed by atoms with van der Waals surface area (Å²) >= 11 is 0. The molecule has 0 unspecified atom stereocenters. The van der Waals surface area contributed by atoms with E-state index in [1.165, 1.54) is 55.2 Å². The third-order valence-electron chi connectivity index (χ3n) is 7.30. The molecular weight excluding hydrogens is 430 g/mol. The van der Waals surface area contributed by atoms with Crippen LogP contribution in [-0.2, 0) is 0 Å². The Morgan fingerprint density at radius 1 is 0.571 bits per heavy atom. The van der Waals surface area contributed by atoms with Gasteiger partial charge in [0.25, 0.3) is 0 Å². The van der Waals surface area contributed by atoms with Gasteiger partial charge in [-0.1, -0.05) is 24.3 Å². The fourth-order valence-electron chi connectivity index (χ4n) is 5.22. The van der Waals surface area contributed by atoms with Gasteiger partial charge in [-0.25, -0.2) is 0 Å². The standard InChI is InChI=1S/C31H25N3O/c1-18-16-32-26-8-4-20(12-24(18)26)22-6-10-30-28(14-22)34(3)29-15-23(7-11-31(29)35-30)21-5-9-27-25(13-21)19(2)17-33-27/h4-17,32-33H,1-3H3. The van der Waals surface area contributed by atoms with Gasteiger partial charge >= 0.3 is 0 Å². The van der Waals surface area contributed by atoms with E-state index in [-0.39, 0.29) is 0 Å². The summed E-state index contributed by atoms with van der Waals surface area (Å²) in [5.41, 5.74) is 11.7. The third kappa shape index (κ3) is 3.07. The van der Waals surface area contributed by atoms with Crippen molar-refractivity contribution in [1.29, 1.82) is 0 Å². The molecule has 4 nitrogen and oxygen atoms in total. The van der Waals surface area contributed by atoms with Crippen LogP contribution in [-0.4, -0.2) is 17.0 Å². The van der Waals surface area contributed by atoms with Crippen LogP contribution in [0.4, 0.5) is 11.4 Å². The number of aryl methyl sites for hydroxylation is 2. The summed E-state index contributed by atoms with van der Waals surface area (Å²) in [7, 11) is 2.12. The minimum atomic E-state index is 0.875. The van der Waals surface area contributed by atoms with Crippen molar-refractivity contribution in [2.45, 2.75) is 13.8 Å². The maximum atomic E-state index is 6.33. The number of aromatic amines is 2. The highest BCUT2D eigenvalue weighted by atomic mass is 16.5. The van der Waals surface area contributed by atoms with E-state index in [4.69, 9.17) is 4.74 Å². The normalized spacial score (nSPS) is 12.6. The zero-order valence-corrected chi connectivity index (χ0v) is 19.9. The molecule has 0 aliphatic carbocycles. The van der Waals surface area contributed by atoms with Crippen molar-refractivity contribution >= 4 is 33.2 Å². The van der Waals surface area contributed by atoms with Crippen molar-refractivity contribution in [3.63, 3.8) is 0 Å². The molecule has 6 aromatic rings. The molecule has 1 aliphatic rings. The Bertz CT molecular complexity index is 1640. The predicted octanol–water partition coefficient (Wildman–Crippen LogP) is 8.47. The van der Waals surface area contributed by atoms with Crippen LogP contribution in [0, 0.1) is 13.8 Å². The van der Waals surface area contributed by atoms with Crippen molar-refractivity contribution in [3.8, 4) is 33.8 Å². The SMILES string of the molecule is Cc1c[nH]c2ccc(-c3ccc4c(c3)N(C)c3cc(-c5ccc6[nH]cc(C)c6c5)ccc3O4)cc12. The van der Waals surface area contributed by atoms with Gasteiger partial charge in [0.2, 0.25) is 0 Å². The van der Waals surface area contributed by atoms with Crippen LogP contribution >= 0.6 is 0 Å². The lowest BCUT2D eigenvalue weighted by Crippen LogP contribution is -2.15. The molecule has 3 heterocycles. The summed E-state index contributed by atoms with van der Waals surface area (Å²) in [6.45, 7) is 4.28. The summed E-state index contributed by atoms with van der Waals surface area (Å²) in [4.78, 5) is 8.91. The van der Waals surface area contributed by atoms with Crippen LogP contribution in [0.15, 0.2) is 85.2 Å². The van der Waals surface area contributed by atoms with Crippen LogP contribution in [0.25, 0.3) is 44.1 Å². The molecule has 2 aromatic heterocycles. The van der Waals surface area contributed by atoms with Crippen LogP contribution in [0.5, 0.6) is 11.5 Å². The number of hydrogen-bond acceptors (Lipinski definition) is 2. The first kappa shape index (κ1) is 20.0. The van der Waals surface area contributed by atoms with Gasteiger partial charge in [-0.15, -0.1) is 0 Å². The van der Waals surface area contributed by atoms with Crippen molar-refractivity contribution in [1.82, 2.24) is 9.97 Å². The van der Waals surface area contributed by atoms with Crippen LogP contribution in [0.3, 0.4) is 0 Å². The van der Waals surface area contributed by atoms with E-state index < -0.39 is 0 Å². The van der Waals surface area contributed by atoms with Crippen molar-refractivity contribution in [2.75, 3.05) is 11.9 Å². The van der Waals surface area contributed by atoms with Gasteiger partial charge in [-0.2, -0.15) is 0 Å². The third-order valence-corrected chi connectivity index (χ3v) is 7.30. The molecule has 0 fully saturated rings. The first-order chi connectivity index (χ1) is 17.0. The Kier molecular flexibility index (Phi) is 4.15. The largest absolute Gasteiger partial charge is 0.453 e. The number of rotatable bonds is 2. The molecule has 0 spiro atoms. The number of H-pyrrole nitrogens is 2. The number of benzene rings is 4. The fourth-order valence-corrected chi connectivity index (χ4v) is 5.22. The average molecular weight is 456 g/mol. The second kappa shape index (κ2) is 7.28. The smallest absolute Gasteiger partial charge is 0.151 e. The van der Waals surface area contributed by atoms with Crippen molar-refractivity contribution in [3.05, 3.63) is 96.3 Å². The molecule has 35 heavy (non-hydrogen) atoms. The molecule has 0 atom stereocenters. The van der Waals surface area contributed by atoms with Gasteiger partial charge in [0.1, 0.15) is 0 Å². The number of nitrogens with one attached hydrogen (secondary N) is 2.